The molecule has 0 spiro atoms. The van der Waals surface area contributed by atoms with Crippen molar-refractivity contribution in [2.24, 2.45) is 0 Å². The van der Waals surface area contributed by atoms with Crippen molar-refractivity contribution in [2.45, 2.75) is 41.5 Å². The molecule has 6 nitrogen and oxygen atoms in total. The van der Waals surface area contributed by atoms with E-state index in [1.54, 1.807) is 27.7 Å². The molecule has 0 saturated carbocycles. The Balaban J connectivity index is -0.0000000326. The van der Waals surface area contributed by atoms with Crippen molar-refractivity contribution in [3.63, 3.8) is 0 Å². The van der Waals surface area contributed by atoms with Gasteiger partial charge in [-0.25, -0.2) is 0 Å². The summed E-state index contributed by atoms with van der Waals surface area (Å²) in [4.78, 5) is 10.0. The molecule has 0 rings (SSSR count). The van der Waals surface area contributed by atoms with Crippen molar-refractivity contribution < 1.29 is 52.7 Å². The van der Waals surface area contributed by atoms with Gasteiger partial charge in [0.15, 0.2) is 5.78 Å². The Labute approximate surface area is 138 Å². The molecule has 0 aliphatic carbocycles. The van der Waals surface area contributed by atoms with Gasteiger partial charge in [-0.05, 0) is 41.5 Å². The summed E-state index contributed by atoms with van der Waals surface area (Å²) in [5.41, 5.74) is 0. The summed E-state index contributed by atoms with van der Waals surface area (Å²) >= 11 is 0. The first kappa shape index (κ1) is 36.7. The summed E-state index contributed by atoms with van der Waals surface area (Å²) in [5.74, 6) is -0.0625. The van der Waals surface area contributed by atoms with Crippen molar-refractivity contribution in [1.82, 2.24) is 0 Å². The summed E-state index contributed by atoms with van der Waals surface area (Å²) in [6, 6.07) is 0. The number of hydrogen-bond acceptors (Lipinski definition) is 6. The Morgan fingerprint density at radius 1 is 0.800 bits per heavy atom. The van der Waals surface area contributed by atoms with E-state index in [1.807, 2.05) is 0 Å². The van der Waals surface area contributed by atoms with Crippen LogP contribution in [0.4, 0.5) is 0 Å². The zero-order valence-corrected chi connectivity index (χ0v) is 16.7. The predicted octanol–water partition coefficient (Wildman–Crippen LogP) is 1.03. The smallest absolute Gasteiger partial charge is 0.155 e. The first-order valence-corrected chi connectivity index (χ1v) is 6.10. The summed E-state index contributed by atoms with van der Waals surface area (Å²) in [5, 5.41) is 38.6. The molecule has 5 N–H and O–H groups in total. The minimum Gasteiger partial charge on any atom is -0.512 e. The minimum atomic E-state index is -0.125. The maximum atomic E-state index is 10.0. The van der Waals surface area contributed by atoms with Gasteiger partial charge in [0.25, 0.3) is 0 Å². The van der Waals surface area contributed by atoms with Crippen LogP contribution in [0.2, 0.25) is 0 Å². The Morgan fingerprint density at radius 3 is 0.950 bits per heavy atom. The molecule has 0 fully saturated rings. The van der Waals surface area contributed by atoms with Gasteiger partial charge in [0, 0.05) is 54.9 Å². The fourth-order valence-electron chi connectivity index (χ4n) is 0.294. The number of carbonyl (C=O) groups is 1. The summed E-state index contributed by atoms with van der Waals surface area (Å²) in [7, 11) is 0. The van der Waals surface area contributed by atoms with E-state index in [4.69, 9.17) is 25.5 Å². The topological polar surface area (TPSA) is 118 Å². The van der Waals surface area contributed by atoms with Crippen LogP contribution >= 0.6 is 0 Å². The SMILES string of the molecule is CC(=O)C=C(C)O.CCO.CCO.CCO.CCO.[Ta]. The van der Waals surface area contributed by atoms with Gasteiger partial charge in [0.1, 0.15) is 0 Å². The van der Waals surface area contributed by atoms with Gasteiger partial charge >= 0.3 is 0 Å². The largest absolute Gasteiger partial charge is 0.512 e. The van der Waals surface area contributed by atoms with E-state index in [9.17, 15) is 4.79 Å². The Kier molecular flexibility index (Phi) is 93.8. The van der Waals surface area contributed by atoms with Crippen molar-refractivity contribution >= 4 is 5.78 Å². The zero-order valence-electron chi connectivity index (χ0n) is 13.5. The van der Waals surface area contributed by atoms with Crippen molar-refractivity contribution in [1.29, 1.82) is 0 Å². The van der Waals surface area contributed by atoms with Gasteiger partial charge in [-0.1, -0.05) is 0 Å². The van der Waals surface area contributed by atoms with Crippen LogP contribution in [-0.4, -0.2) is 57.7 Å². The van der Waals surface area contributed by atoms with Gasteiger partial charge in [0.2, 0.25) is 0 Å². The number of allylic oxidation sites excluding steroid dienone is 2. The number of ketones is 1. The van der Waals surface area contributed by atoms with Crippen LogP contribution < -0.4 is 0 Å². The van der Waals surface area contributed by atoms with E-state index in [0.717, 1.165) is 0 Å². The zero-order chi connectivity index (χ0) is 16.7. The third-order valence-corrected chi connectivity index (χ3v) is 0.412. The number of carbonyl (C=O) groups excluding carboxylic acids is 1. The van der Waals surface area contributed by atoms with Crippen molar-refractivity contribution in [3.8, 4) is 0 Å². The van der Waals surface area contributed by atoms with Crippen LogP contribution in [-0.2, 0) is 27.2 Å². The Hall–Kier alpha value is -0.210. The van der Waals surface area contributed by atoms with E-state index in [-0.39, 0.29) is 60.4 Å². The first-order valence-electron chi connectivity index (χ1n) is 6.10. The summed E-state index contributed by atoms with van der Waals surface area (Å²) in [6.07, 6.45) is 1.17. The molecule has 7 heteroatoms. The monoisotopic (exact) mass is 465 g/mol. The Bertz CT molecular complexity index is 151. The average Bonchev–Trinajstić information content (AvgIpc) is 2.19. The third-order valence-electron chi connectivity index (χ3n) is 0.412. The van der Waals surface area contributed by atoms with Crippen LogP contribution in [0.15, 0.2) is 11.8 Å². The molecule has 0 aliphatic rings. The molecule has 1 radical (unpaired) electrons. The summed E-state index contributed by atoms with van der Waals surface area (Å²) < 4.78 is 0. The van der Waals surface area contributed by atoms with Crippen LogP contribution in [0, 0.1) is 0 Å². The molecule has 0 aliphatic heterocycles. The van der Waals surface area contributed by atoms with E-state index in [2.05, 4.69) is 0 Å². The number of rotatable bonds is 1. The molecule has 0 bridgehead atoms. The van der Waals surface area contributed by atoms with Gasteiger partial charge < -0.3 is 25.5 Å². The first-order chi connectivity index (χ1) is 8.78. The van der Waals surface area contributed by atoms with Gasteiger partial charge in [-0.3, -0.25) is 4.79 Å². The number of aliphatic hydroxyl groups excluding tert-OH is 5. The van der Waals surface area contributed by atoms with Gasteiger partial charge in [0.05, 0.1) is 5.76 Å². The quantitative estimate of drug-likeness (QED) is 0.292. The fraction of sp³-hybridized carbons (Fsp3) is 0.769. The van der Waals surface area contributed by atoms with E-state index in [0.29, 0.717) is 0 Å². The third kappa shape index (κ3) is 349. The van der Waals surface area contributed by atoms with E-state index in [1.165, 1.54) is 19.9 Å². The minimum absolute atomic E-state index is 0. The molecule has 0 aromatic heterocycles. The van der Waals surface area contributed by atoms with Gasteiger partial charge in [-0.15, -0.1) is 0 Å². The fourth-order valence-corrected chi connectivity index (χ4v) is 0.294. The molecule has 0 aromatic rings. The maximum Gasteiger partial charge on any atom is 0.155 e. The molecule has 20 heavy (non-hydrogen) atoms. The molecule has 125 valence electrons. The van der Waals surface area contributed by atoms with Crippen molar-refractivity contribution in [2.75, 3.05) is 26.4 Å². The van der Waals surface area contributed by atoms with E-state index < -0.39 is 0 Å². The number of aliphatic hydroxyl groups is 5. The Morgan fingerprint density at radius 2 is 0.950 bits per heavy atom. The maximum absolute atomic E-state index is 10.0. The standard InChI is InChI=1S/C5H8O2.4C2H6O.Ta/c1-4(6)3-5(2)7;4*1-2-3;/h3,6H,1-2H3;4*3H,2H2,1H3;. The molecule has 0 unspecified atom stereocenters. The van der Waals surface area contributed by atoms with Crippen LogP contribution in [0.1, 0.15) is 41.5 Å². The molecule has 0 atom stereocenters. The second-order valence-electron chi connectivity index (χ2n) is 2.66. The molecular formula is C13H32O6Ta. The molecular weight excluding hydrogens is 433 g/mol. The molecule has 0 aromatic carbocycles. The summed E-state index contributed by atoms with van der Waals surface area (Å²) in [6.45, 7) is 10.6. The van der Waals surface area contributed by atoms with Gasteiger partial charge in [-0.2, -0.15) is 0 Å². The predicted molar refractivity (Wildman–Crippen MR) is 78.1 cm³/mol. The van der Waals surface area contributed by atoms with Crippen LogP contribution in [0.5, 0.6) is 0 Å². The number of hydrogen-bond donors (Lipinski definition) is 5. The normalized spacial score (nSPS) is 7.60. The van der Waals surface area contributed by atoms with Crippen LogP contribution in [0.3, 0.4) is 0 Å². The van der Waals surface area contributed by atoms with Crippen molar-refractivity contribution in [3.05, 3.63) is 11.8 Å². The second kappa shape index (κ2) is 51.1. The molecule has 0 heterocycles. The molecule has 0 saturated heterocycles. The van der Waals surface area contributed by atoms with E-state index >= 15 is 0 Å². The van der Waals surface area contributed by atoms with Crippen LogP contribution in [0.25, 0.3) is 0 Å². The second-order valence-corrected chi connectivity index (χ2v) is 2.66. The average molecular weight is 465 g/mol. The molecule has 0 amide bonds.